The first kappa shape index (κ1) is 27.8. The smallest absolute Gasteiger partial charge is 0.416 e. The van der Waals surface area contributed by atoms with E-state index in [-0.39, 0.29) is 18.0 Å². The Bertz CT molecular complexity index is 1540. The van der Waals surface area contributed by atoms with Crippen molar-refractivity contribution in [2.45, 2.75) is 50.6 Å². The van der Waals surface area contributed by atoms with E-state index in [1.807, 2.05) is 17.0 Å². The number of aromatic nitrogens is 2. The van der Waals surface area contributed by atoms with Crippen LogP contribution < -0.4 is 9.64 Å². The van der Waals surface area contributed by atoms with Gasteiger partial charge in [-0.25, -0.2) is 14.8 Å². The van der Waals surface area contributed by atoms with E-state index in [0.29, 0.717) is 34.9 Å². The van der Waals surface area contributed by atoms with E-state index in [1.165, 1.54) is 24.1 Å². The van der Waals surface area contributed by atoms with Gasteiger partial charge in [0.25, 0.3) is 0 Å². The molecule has 1 amide bonds. The number of carboxylic acids is 1. The molecule has 1 N–H and O–H groups in total. The van der Waals surface area contributed by atoms with Gasteiger partial charge in [-0.3, -0.25) is 9.69 Å². The van der Waals surface area contributed by atoms with E-state index in [2.05, 4.69) is 4.98 Å². The Hall–Kier alpha value is -4.35. The summed E-state index contributed by atoms with van der Waals surface area (Å²) in [6.07, 6.45) is -2.86. The average molecular weight is 583 g/mol. The molecule has 1 unspecified atom stereocenters. The molecule has 0 radical (unpaired) electrons. The van der Waals surface area contributed by atoms with Crippen LogP contribution >= 0.6 is 0 Å². The molecule has 3 aromatic rings. The minimum absolute atomic E-state index is 0.0166. The number of alkyl halides is 3. The predicted molar refractivity (Wildman–Crippen MR) is 145 cm³/mol. The summed E-state index contributed by atoms with van der Waals surface area (Å²) in [4.78, 5) is 37.5. The standard InChI is InChI=1S/C30H29F3N4O5/c1-16-26(18-5-3-6-19(11-18)30(31,32)33)42-29(40)37(16)15-24-23(14-34-28(35-24)36-9-4-10-36)21-12-17(7-8-25(21)41-2)20-13-22(20)27(38)39/h3,5-8,11-12,14,16,20,22,26H,4,9-10,13,15H2,1-2H3,(H,38,39)/t16-,20?,22+,26-/m0/s1. The van der Waals surface area contributed by atoms with Gasteiger partial charge in [0.05, 0.1) is 36.9 Å². The molecule has 12 heteroatoms. The Morgan fingerprint density at radius 1 is 1.14 bits per heavy atom. The maximum Gasteiger partial charge on any atom is 0.416 e. The number of carbonyl (C=O) groups is 2. The van der Waals surface area contributed by atoms with Crippen molar-refractivity contribution in [1.29, 1.82) is 0 Å². The van der Waals surface area contributed by atoms with Crippen LogP contribution in [-0.4, -0.2) is 58.3 Å². The third-order valence-electron chi connectivity index (χ3n) is 8.30. The average Bonchev–Trinajstić information content (AvgIpc) is 3.69. The summed E-state index contributed by atoms with van der Waals surface area (Å²) in [5, 5.41) is 9.44. The number of ether oxygens (including phenoxy) is 2. The SMILES string of the molecule is COc1ccc(C2C[C@H]2C(=O)O)cc1-c1cnc(N2CCC2)nc1CN1C(=O)O[C@H](c2cccc(C(F)(F)F)c2)[C@@H]1C. The number of amides is 1. The molecule has 2 aliphatic heterocycles. The zero-order chi connectivity index (χ0) is 29.8. The van der Waals surface area contributed by atoms with Crippen molar-refractivity contribution in [3.8, 4) is 16.9 Å². The van der Waals surface area contributed by atoms with Gasteiger partial charge in [-0.1, -0.05) is 18.2 Å². The van der Waals surface area contributed by atoms with Crippen LogP contribution in [0.15, 0.2) is 48.7 Å². The number of nitrogens with zero attached hydrogens (tertiary/aromatic N) is 4. The van der Waals surface area contributed by atoms with E-state index >= 15 is 0 Å². The molecule has 1 aromatic heterocycles. The molecule has 0 bridgehead atoms. The minimum Gasteiger partial charge on any atom is -0.496 e. The lowest BCUT2D eigenvalue weighted by atomic mass is 9.98. The fourth-order valence-corrected chi connectivity index (χ4v) is 5.64. The molecule has 1 aliphatic carbocycles. The molecule has 42 heavy (non-hydrogen) atoms. The zero-order valence-corrected chi connectivity index (χ0v) is 23.0. The second-order valence-electron chi connectivity index (χ2n) is 10.9. The van der Waals surface area contributed by atoms with Gasteiger partial charge in [0.2, 0.25) is 5.95 Å². The van der Waals surface area contributed by atoms with Gasteiger partial charge in [0.15, 0.2) is 0 Å². The topological polar surface area (TPSA) is 105 Å². The summed E-state index contributed by atoms with van der Waals surface area (Å²) in [6, 6.07) is 9.74. The number of rotatable bonds is 8. The van der Waals surface area contributed by atoms with E-state index in [4.69, 9.17) is 14.5 Å². The normalized spacial score (nSPS) is 23.4. The first-order valence-electron chi connectivity index (χ1n) is 13.7. The van der Waals surface area contributed by atoms with Gasteiger partial charge in [-0.2, -0.15) is 13.2 Å². The maximum absolute atomic E-state index is 13.4. The quantitative estimate of drug-likeness (QED) is 0.363. The molecule has 3 heterocycles. The van der Waals surface area contributed by atoms with E-state index in [1.54, 1.807) is 19.2 Å². The molecule has 2 saturated heterocycles. The minimum atomic E-state index is -4.52. The Balaban J connectivity index is 1.35. The van der Waals surface area contributed by atoms with Crippen molar-refractivity contribution in [2.75, 3.05) is 25.1 Å². The van der Waals surface area contributed by atoms with Gasteiger partial charge in [-0.15, -0.1) is 0 Å². The van der Waals surface area contributed by atoms with Crippen LogP contribution in [0.3, 0.4) is 0 Å². The van der Waals surface area contributed by atoms with Crippen LogP contribution in [0.1, 0.15) is 54.2 Å². The van der Waals surface area contributed by atoms with Crippen LogP contribution in [-0.2, 0) is 22.3 Å². The highest BCUT2D eigenvalue weighted by Crippen LogP contribution is 2.49. The number of methoxy groups -OCH3 is 1. The summed E-state index contributed by atoms with van der Waals surface area (Å²) in [5.41, 5.74) is 2.07. The molecule has 2 aromatic carbocycles. The molecule has 220 valence electrons. The highest BCUT2D eigenvalue weighted by atomic mass is 19.4. The van der Waals surface area contributed by atoms with Crippen LogP contribution in [0.5, 0.6) is 5.75 Å². The van der Waals surface area contributed by atoms with Crippen molar-refractivity contribution in [3.05, 3.63) is 71.0 Å². The number of carboxylic acid groups (broad SMARTS) is 1. The lowest BCUT2D eigenvalue weighted by Gasteiger charge is -2.31. The highest BCUT2D eigenvalue weighted by Gasteiger charge is 2.45. The Labute approximate surface area is 239 Å². The van der Waals surface area contributed by atoms with Crippen LogP contribution in [0.4, 0.5) is 23.9 Å². The Kier molecular flexibility index (Phi) is 6.94. The molecule has 1 saturated carbocycles. The van der Waals surface area contributed by atoms with Gasteiger partial charge in [-0.05, 0) is 61.1 Å². The van der Waals surface area contributed by atoms with Crippen molar-refractivity contribution in [3.63, 3.8) is 0 Å². The largest absolute Gasteiger partial charge is 0.496 e. The monoisotopic (exact) mass is 582 g/mol. The third-order valence-corrected chi connectivity index (χ3v) is 8.30. The van der Waals surface area contributed by atoms with E-state index in [9.17, 15) is 27.9 Å². The second kappa shape index (κ2) is 10.5. The summed E-state index contributed by atoms with van der Waals surface area (Å²) in [5.74, 6) is -0.343. The second-order valence-corrected chi connectivity index (χ2v) is 10.9. The summed E-state index contributed by atoms with van der Waals surface area (Å²) < 4.78 is 51.3. The molecule has 0 spiro atoms. The van der Waals surface area contributed by atoms with E-state index < -0.39 is 41.9 Å². The number of benzene rings is 2. The summed E-state index contributed by atoms with van der Waals surface area (Å²) in [6.45, 7) is 3.35. The number of aliphatic carboxylic acids is 1. The van der Waals surface area contributed by atoms with Gasteiger partial charge in [0, 0.05) is 30.4 Å². The molecule has 4 atom stereocenters. The van der Waals surface area contributed by atoms with Gasteiger partial charge >= 0.3 is 18.2 Å². The number of anilines is 1. The molecule has 3 fully saturated rings. The van der Waals surface area contributed by atoms with E-state index in [0.717, 1.165) is 37.2 Å². The zero-order valence-electron chi connectivity index (χ0n) is 23.0. The van der Waals surface area contributed by atoms with Crippen molar-refractivity contribution >= 4 is 18.0 Å². The number of carbonyl (C=O) groups excluding carboxylic acids is 1. The van der Waals surface area contributed by atoms with Crippen LogP contribution in [0, 0.1) is 5.92 Å². The number of hydrogen-bond donors (Lipinski definition) is 1. The molecular weight excluding hydrogens is 553 g/mol. The lowest BCUT2D eigenvalue weighted by Crippen LogP contribution is -2.39. The fraction of sp³-hybridized carbons (Fsp3) is 0.400. The number of halogens is 3. The Morgan fingerprint density at radius 2 is 1.93 bits per heavy atom. The van der Waals surface area contributed by atoms with Crippen molar-refractivity contribution in [1.82, 2.24) is 14.9 Å². The van der Waals surface area contributed by atoms with Crippen molar-refractivity contribution in [2.24, 2.45) is 5.92 Å². The molecule has 6 rings (SSSR count). The first-order valence-corrected chi connectivity index (χ1v) is 13.7. The number of cyclic esters (lactones) is 1. The summed E-state index contributed by atoms with van der Waals surface area (Å²) >= 11 is 0. The first-order chi connectivity index (χ1) is 20.0. The maximum atomic E-state index is 13.4. The van der Waals surface area contributed by atoms with Crippen LogP contribution in [0.2, 0.25) is 0 Å². The highest BCUT2D eigenvalue weighted by molar-refractivity contribution is 5.78. The predicted octanol–water partition coefficient (Wildman–Crippen LogP) is 5.65. The number of hydrogen-bond acceptors (Lipinski definition) is 7. The summed E-state index contributed by atoms with van der Waals surface area (Å²) in [7, 11) is 1.53. The molecular formula is C30H29F3N4O5. The molecule has 3 aliphatic rings. The lowest BCUT2D eigenvalue weighted by molar-refractivity contribution is -0.139. The third kappa shape index (κ3) is 5.10. The fourth-order valence-electron chi connectivity index (χ4n) is 5.64. The Morgan fingerprint density at radius 3 is 2.57 bits per heavy atom. The van der Waals surface area contributed by atoms with Gasteiger partial charge in [0.1, 0.15) is 11.9 Å². The van der Waals surface area contributed by atoms with Crippen molar-refractivity contribution < 1.29 is 37.3 Å². The van der Waals surface area contributed by atoms with Crippen LogP contribution in [0.25, 0.3) is 11.1 Å². The molecule has 9 nitrogen and oxygen atoms in total. The van der Waals surface area contributed by atoms with Gasteiger partial charge < -0.3 is 19.5 Å².